The summed E-state index contributed by atoms with van der Waals surface area (Å²) in [4.78, 5) is 14.2. The Balaban J connectivity index is 1.87. The molecule has 0 aromatic heterocycles. The van der Waals surface area contributed by atoms with Crippen LogP contribution in [-0.4, -0.2) is 25.5 Å². The number of nitrogens with one attached hydrogen (secondary N) is 2. The lowest BCUT2D eigenvalue weighted by atomic mass is 10.1. The molecule has 2 N–H and O–H groups in total. The maximum atomic E-state index is 11.9. The highest BCUT2D eigenvalue weighted by Gasteiger charge is 2.30. The van der Waals surface area contributed by atoms with E-state index in [0.717, 1.165) is 37.3 Å². The van der Waals surface area contributed by atoms with Gasteiger partial charge in [0.1, 0.15) is 6.04 Å². The highest BCUT2D eigenvalue weighted by molar-refractivity contribution is 6.03. The van der Waals surface area contributed by atoms with Crippen molar-refractivity contribution in [1.29, 1.82) is 0 Å². The van der Waals surface area contributed by atoms with Gasteiger partial charge in [0, 0.05) is 30.0 Å². The second-order valence-corrected chi connectivity index (χ2v) is 4.96. The predicted molar refractivity (Wildman–Crippen MR) is 77.5 cm³/mol. The van der Waals surface area contributed by atoms with Gasteiger partial charge in [0.2, 0.25) is 5.91 Å². The van der Waals surface area contributed by atoms with Crippen molar-refractivity contribution in [1.82, 2.24) is 5.32 Å². The van der Waals surface area contributed by atoms with Crippen LogP contribution in [0.5, 0.6) is 0 Å². The molecule has 4 nitrogen and oxygen atoms in total. The molecule has 4 heteroatoms. The molecule has 100 valence electrons. The van der Waals surface area contributed by atoms with Crippen LogP contribution >= 0.6 is 0 Å². The van der Waals surface area contributed by atoms with E-state index in [1.807, 2.05) is 6.92 Å². The molecule has 0 fully saturated rings. The Morgan fingerprint density at radius 1 is 1.42 bits per heavy atom. The van der Waals surface area contributed by atoms with Crippen LogP contribution in [-0.2, 0) is 4.79 Å². The summed E-state index contributed by atoms with van der Waals surface area (Å²) in [5.41, 5.74) is 3.19. The van der Waals surface area contributed by atoms with Crippen LogP contribution in [0, 0.1) is 0 Å². The monoisotopic (exact) mass is 257 g/mol. The number of hydrogen-bond donors (Lipinski definition) is 2. The average molecular weight is 257 g/mol. The molecule has 2 aliphatic heterocycles. The van der Waals surface area contributed by atoms with Crippen molar-refractivity contribution in [2.24, 2.45) is 0 Å². The number of carbonyl (C=O) groups excluding carboxylic acids is 1. The summed E-state index contributed by atoms with van der Waals surface area (Å²) in [5.74, 6) is 0.0486. The zero-order valence-corrected chi connectivity index (χ0v) is 11.1. The van der Waals surface area contributed by atoms with Gasteiger partial charge in [-0.05, 0) is 25.1 Å². The molecule has 19 heavy (non-hydrogen) atoms. The number of likely N-dealkylation sites (N-methyl/N-ethyl adjacent to an activating group) is 1. The first-order valence-corrected chi connectivity index (χ1v) is 6.87. The van der Waals surface area contributed by atoms with Crippen LogP contribution in [0.15, 0.2) is 30.4 Å². The van der Waals surface area contributed by atoms with Gasteiger partial charge in [-0.2, -0.15) is 0 Å². The van der Waals surface area contributed by atoms with Crippen LogP contribution in [0.2, 0.25) is 0 Å². The summed E-state index contributed by atoms with van der Waals surface area (Å²) < 4.78 is 0. The molecule has 0 bridgehead atoms. The van der Waals surface area contributed by atoms with Gasteiger partial charge in [-0.3, -0.25) is 4.79 Å². The standard InChI is InChI=1S/C15H19N3O/c1-2-16-14-12-7-6-11(10-13(12)17-15(14)19)18-8-4-3-5-9-18/h3-4,6-7,10,14,16H,2,5,8-9H2,1H3,(H,17,19). The first-order chi connectivity index (χ1) is 9.29. The van der Waals surface area contributed by atoms with Gasteiger partial charge < -0.3 is 15.5 Å². The number of benzene rings is 1. The molecule has 1 aromatic carbocycles. The SMILES string of the molecule is CCNC1C(=O)Nc2cc(N3CC=CCC3)ccc21. The van der Waals surface area contributed by atoms with Crippen molar-refractivity contribution in [3.05, 3.63) is 35.9 Å². The quantitative estimate of drug-likeness (QED) is 0.815. The molecule has 2 heterocycles. The van der Waals surface area contributed by atoms with Gasteiger partial charge in [0.15, 0.2) is 0 Å². The van der Waals surface area contributed by atoms with Gasteiger partial charge in [-0.15, -0.1) is 0 Å². The smallest absolute Gasteiger partial charge is 0.246 e. The lowest BCUT2D eigenvalue weighted by Gasteiger charge is -2.26. The van der Waals surface area contributed by atoms with Crippen molar-refractivity contribution in [2.45, 2.75) is 19.4 Å². The number of rotatable bonds is 3. The minimum Gasteiger partial charge on any atom is -0.367 e. The second-order valence-electron chi connectivity index (χ2n) is 4.96. The Hall–Kier alpha value is -1.81. The third-order valence-electron chi connectivity index (χ3n) is 3.70. The third kappa shape index (κ3) is 2.24. The lowest BCUT2D eigenvalue weighted by Crippen LogP contribution is -2.27. The summed E-state index contributed by atoms with van der Waals surface area (Å²) in [6.45, 7) is 4.79. The number of anilines is 2. The topological polar surface area (TPSA) is 44.4 Å². The normalized spacial score (nSPS) is 21.4. The molecule has 0 spiro atoms. The maximum absolute atomic E-state index is 11.9. The molecule has 0 aliphatic carbocycles. The highest BCUT2D eigenvalue weighted by atomic mass is 16.2. The molecule has 3 rings (SSSR count). The number of fused-ring (bicyclic) bond motifs is 1. The van der Waals surface area contributed by atoms with Crippen LogP contribution in [0.25, 0.3) is 0 Å². The van der Waals surface area contributed by atoms with E-state index < -0.39 is 0 Å². The van der Waals surface area contributed by atoms with Gasteiger partial charge in [0.05, 0.1) is 0 Å². The van der Waals surface area contributed by atoms with Crippen molar-refractivity contribution >= 4 is 17.3 Å². The Kier molecular flexibility index (Phi) is 3.25. The molecule has 1 aromatic rings. The van der Waals surface area contributed by atoms with Crippen molar-refractivity contribution in [3.63, 3.8) is 0 Å². The first-order valence-electron chi connectivity index (χ1n) is 6.87. The minimum absolute atomic E-state index is 0.0486. The first kappa shape index (κ1) is 12.2. The summed E-state index contributed by atoms with van der Waals surface area (Å²) in [7, 11) is 0. The molecule has 1 unspecified atom stereocenters. The highest BCUT2D eigenvalue weighted by Crippen LogP contribution is 2.34. The summed E-state index contributed by atoms with van der Waals surface area (Å²) in [6, 6.07) is 6.07. The minimum atomic E-state index is -0.199. The van der Waals surface area contributed by atoms with E-state index in [0.29, 0.717) is 0 Å². The second kappa shape index (κ2) is 5.05. The molecule has 1 amide bonds. The van der Waals surface area contributed by atoms with Gasteiger partial charge >= 0.3 is 0 Å². The maximum Gasteiger partial charge on any atom is 0.246 e. The van der Waals surface area contributed by atoms with Crippen molar-refractivity contribution in [3.8, 4) is 0 Å². The number of carbonyl (C=O) groups is 1. The molecular formula is C15H19N3O. The summed E-state index contributed by atoms with van der Waals surface area (Å²) >= 11 is 0. The van der Waals surface area contributed by atoms with E-state index in [4.69, 9.17) is 0 Å². The van der Waals surface area contributed by atoms with Gasteiger partial charge in [-0.1, -0.05) is 25.1 Å². The van der Waals surface area contributed by atoms with Crippen molar-refractivity contribution in [2.75, 3.05) is 29.9 Å². The van der Waals surface area contributed by atoms with Crippen molar-refractivity contribution < 1.29 is 4.79 Å². The van der Waals surface area contributed by atoms with E-state index >= 15 is 0 Å². The van der Waals surface area contributed by atoms with Crippen LogP contribution in [0.1, 0.15) is 24.9 Å². The van der Waals surface area contributed by atoms with Crippen LogP contribution in [0.3, 0.4) is 0 Å². The van der Waals surface area contributed by atoms with Gasteiger partial charge in [0.25, 0.3) is 0 Å². The van der Waals surface area contributed by atoms with E-state index in [-0.39, 0.29) is 11.9 Å². The number of amides is 1. The largest absolute Gasteiger partial charge is 0.367 e. The predicted octanol–water partition coefficient (Wildman–Crippen LogP) is 2.06. The molecule has 2 aliphatic rings. The van der Waals surface area contributed by atoms with E-state index in [2.05, 4.69) is 45.9 Å². The van der Waals surface area contributed by atoms with Gasteiger partial charge in [-0.25, -0.2) is 0 Å². The molecule has 0 radical (unpaired) electrons. The Bertz CT molecular complexity index is 524. The number of hydrogen-bond acceptors (Lipinski definition) is 3. The average Bonchev–Trinajstić information content (AvgIpc) is 2.76. The molecule has 0 saturated carbocycles. The fraction of sp³-hybridized carbons (Fsp3) is 0.400. The Labute approximate surface area is 113 Å². The summed E-state index contributed by atoms with van der Waals surface area (Å²) in [5, 5.41) is 6.18. The fourth-order valence-corrected chi connectivity index (χ4v) is 2.73. The Morgan fingerprint density at radius 2 is 2.32 bits per heavy atom. The zero-order chi connectivity index (χ0) is 13.2. The van der Waals surface area contributed by atoms with E-state index in [9.17, 15) is 4.79 Å². The van der Waals surface area contributed by atoms with E-state index in [1.165, 1.54) is 5.69 Å². The number of nitrogens with zero attached hydrogens (tertiary/aromatic N) is 1. The Morgan fingerprint density at radius 3 is 3.05 bits per heavy atom. The van der Waals surface area contributed by atoms with Crippen LogP contribution < -0.4 is 15.5 Å². The summed E-state index contributed by atoms with van der Waals surface area (Å²) in [6.07, 6.45) is 5.49. The fourth-order valence-electron chi connectivity index (χ4n) is 2.73. The third-order valence-corrected chi connectivity index (χ3v) is 3.70. The zero-order valence-electron chi connectivity index (χ0n) is 11.1. The molecular weight excluding hydrogens is 238 g/mol. The molecule has 1 atom stereocenters. The van der Waals surface area contributed by atoms with E-state index in [1.54, 1.807) is 0 Å². The molecule has 0 saturated heterocycles. The lowest BCUT2D eigenvalue weighted by molar-refractivity contribution is -0.117. The van der Waals surface area contributed by atoms with Crippen LogP contribution in [0.4, 0.5) is 11.4 Å².